The van der Waals surface area contributed by atoms with E-state index in [0.29, 0.717) is 67.0 Å². The molecule has 7 aromatic rings. The first kappa shape index (κ1) is 106. The standard InChI is InChI=1S/C25H40N8O2.C16H30N4O2.C15H16N4O.C9H12N4O.C8H14N4O.C7H11NO.C4H10O3.CH5N3O/c1-15(34)28-18-12-16(30-25(5,6)7)8-9-19(18)32-11-10-17(22(32)35)29-23-27-14-26-21-13-20(24(2,3)4)31-33(21)23;1-10(21)18-13-9-11(19-16(2,3)4)5-6-14(13)20-8-7-12(17)15(20)22;1-15(2,3)12-9-13-16-10-17-14(19(13)18-12)20-11-7-5-4-6-8-11;1-9(2,3)6-4-7-10-5-11-8(14)13(7)12-6;1-8(2,3)6(5-10-4)11-12-7(9)13;1-7(2,3)6(9)5-8-4;1-5-4(6-2)7-3;2-1(5)4-3/h13-14,16-19,30H,8-12H2,1-7H3,(H,28,34)(H,26,27,29);11-14,19H,5-9,17H2,1-4H3,(H,18,21);4-10H,1-3H3;4-5H,1-3H3,(H,10,11,14);5H2,1-3H3,(H3,9,12,13);5H2,1-3H3;4H,1-3H3;3H2,(H3,2,4,5)/b;;;;11-6+;;;/t16-,17+,18-,19?;11-,12+,13-,14?;;;;;;/m11....../s1. The second-order valence-electron chi connectivity index (χ2n) is 37.7. The van der Waals surface area contributed by atoms with Crippen LogP contribution in [0.2, 0.25) is 0 Å². The summed E-state index contributed by atoms with van der Waals surface area (Å²) < 4.78 is 24.2. The van der Waals surface area contributed by atoms with E-state index in [4.69, 9.17) is 34.4 Å². The highest BCUT2D eigenvalue weighted by Gasteiger charge is 2.44. The number of hydrazone groups is 1. The molecule has 6 aromatic heterocycles. The van der Waals surface area contributed by atoms with Crippen molar-refractivity contribution in [2.75, 3.05) is 52.8 Å². The van der Waals surface area contributed by atoms with Gasteiger partial charge in [-0.2, -0.15) is 38.9 Å². The number of para-hydroxylation sites is 1. The van der Waals surface area contributed by atoms with Gasteiger partial charge in [0.1, 0.15) is 30.2 Å². The maximum absolute atomic E-state index is 13.5. The Hall–Kier alpha value is -11.3. The number of anilines is 1. The van der Waals surface area contributed by atoms with E-state index in [1.165, 1.54) is 51.8 Å². The number of hydrogen-bond donors (Lipinski definition) is 12. The van der Waals surface area contributed by atoms with E-state index in [-0.39, 0.29) is 117 Å². The summed E-state index contributed by atoms with van der Waals surface area (Å²) >= 11 is 0. The van der Waals surface area contributed by atoms with Crippen molar-refractivity contribution < 1.29 is 52.5 Å². The number of H-pyrrole nitrogens is 1. The van der Waals surface area contributed by atoms with Crippen molar-refractivity contribution in [1.29, 1.82) is 0 Å². The van der Waals surface area contributed by atoms with Crippen LogP contribution < -0.4 is 70.9 Å². The number of carbonyl (C=O) groups excluding carboxylic acids is 7. The molecule has 0 radical (unpaired) electrons. The van der Waals surface area contributed by atoms with E-state index in [0.717, 1.165) is 67.0 Å². The van der Waals surface area contributed by atoms with E-state index < -0.39 is 24.6 Å². The van der Waals surface area contributed by atoms with Crippen LogP contribution >= 0.6 is 0 Å². The maximum atomic E-state index is 13.5. The Balaban J connectivity index is 0.000000320. The molecule has 125 heavy (non-hydrogen) atoms. The van der Waals surface area contributed by atoms with E-state index in [1.54, 1.807) is 21.4 Å². The molecule has 2 saturated heterocycles. The number of amides is 8. The number of rotatable bonds is 16. The number of nitrogens with one attached hydrogen (secondary N) is 8. The topological polar surface area (TPSA) is 521 Å². The van der Waals surface area contributed by atoms with Crippen LogP contribution in [0.3, 0.4) is 0 Å². The van der Waals surface area contributed by atoms with E-state index in [2.05, 4.69) is 196 Å². The Morgan fingerprint density at radius 1 is 0.568 bits per heavy atom. The minimum absolute atomic E-state index is 0.000324. The van der Waals surface area contributed by atoms with E-state index >= 15 is 0 Å². The highest BCUT2D eigenvalue weighted by molar-refractivity contribution is 5.93. The van der Waals surface area contributed by atoms with Crippen molar-refractivity contribution in [1.82, 2.24) is 101 Å². The summed E-state index contributed by atoms with van der Waals surface area (Å²) in [4.78, 5) is 125. The van der Waals surface area contributed by atoms with Gasteiger partial charge in [0.2, 0.25) is 35.4 Å². The van der Waals surface area contributed by atoms with Crippen LogP contribution in [0, 0.1) is 24.0 Å². The maximum Gasteiger partial charge on any atom is 0.349 e. The smallest absolute Gasteiger partial charge is 0.349 e. The van der Waals surface area contributed by atoms with Gasteiger partial charge in [0.15, 0.2) is 16.9 Å². The molecule has 2 unspecified atom stereocenters. The third-order valence-corrected chi connectivity index (χ3v) is 19.5. The van der Waals surface area contributed by atoms with Gasteiger partial charge in [-0.3, -0.25) is 34.4 Å². The Morgan fingerprint density at radius 3 is 1.39 bits per heavy atom. The largest absolute Gasteiger partial charge is 0.424 e. The lowest BCUT2D eigenvalue weighted by Gasteiger charge is -2.43. The summed E-state index contributed by atoms with van der Waals surface area (Å²) in [5.41, 5.74) is 23.2. The van der Waals surface area contributed by atoms with Crippen LogP contribution in [0.4, 0.5) is 15.5 Å². The number of carbonyl (C=O) groups is 7. The lowest BCUT2D eigenvalue weighted by molar-refractivity contribution is -0.252. The number of hydrazine groups is 1. The average Bonchev–Trinajstić information content (AvgIpc) is 1.65. The number of fused-ring (bicyclic) bond motifs is 3. The first-order chi connectivity index (χ1) is 58.0. The van der Waals surface area contributed by atoms with Gasteiger partial charge < -0.3 is 82.2 Å². The summed E-state index contributed by atoms with van der Waals surface area (Å²) in [5, 5.41) is 34.0. The molecule has 690 valence electrons. The zero-order valence-corrected chi connectivity index (χ0v) is 77.9. The van der Waals surface area contributed by atoms with Crippen LogP contribution in [0.1, 0.15) is 228 Å². The first-order valence-electron chi connectivity index (χ1n) is 41.5. The molecular formula is C85H138N28O12. The molecule has 11 rings (SSSR count). The van der Waals surface area contributed by atoms with Gasteiger partial charge in [-0.1, -0.05) is 122 Å². The van der Waals surface area contributed by atoms with Gasteiger partial charge in [0.05, 0.1) is 53.6 Å². The normalized spacial score (nSPS) is 19.1. The molecule has 8 amide bonds. The van der Waals surface area contributed by atoms with Gasteiger partial charge in [-0.15, -0.1) is 0 Å². The average molecular weight is 1740 g/mol. The number of methoxy groups -OCH3 is 3. The molecular weight excluding hydrogens is 1610 g/mol. The van der Waals surface area contributed by atoms with Crippen molar-refractivity contribution >= 4 is 70.1 Å². The van der Waals surface area contributed by atoms with Gasteiger partial charge in [0.25, 0.3) is 19.6 Å². The van der Waals surface area contributed by atoms with Crippen molar-refractivity contribution in [3.8, 4) is 11.8 Å². The van der Waals surface area contributed by atoms with Crippen LogP contribution in [0.15, 0.2) is 77.4 Å². The minimum Gasteiger partial charge on any atom is -0.424 e. The summed E-state index contributed by atoms with van der Waals surface area (Å²) in [7, 11) is 4.53. The fraction of sp³-hybridized carbons (Fsp3) is 0.635. The highest BCUT2D eigenvalue weighted by Crippen LogP contribution is 2.33. The number of Topliss-reactive ketones (excluding diaryl/α,β-unsaturated/α-hetero) is 1. The third-order valence-electron chi connectivity index (χ3n) is 19.5. The van der Waals surface area contributed by atoms with Gasteiger partial charge in [0, 0.05) is 117 Å². The molecule has 40 nitrogen and oxygen atoms in total. The number of aromatic amines is 1. The minimum atomic E-state index is -0.718. The monoisotopic (exact) mass is 1740 g/mol. The number of ketones is 1. The zero-order chi connectivity index (χ0) is 94.5. The summed E-state index contributed by atoms with van der Waals surface area (Å²) in [5.74, 6) is 5.67. The molecule has 2 aliphatic heterocycles. The first-order valence-corrected chi connectivity index (χ1v) is 41.5. The van der Waals surface area contributed by atoms with Crippen molar-refractivity contribution in [2.45, 2.75) is 293 Å². The quantitative estimate of drug-likeness (QED) is 0.0110. The lowest BCUT2D eigenvalue weighted by Crippen LogP contribution is -2.59. The van der Waals surface area contributed by atoms with Crippen molar-refractivity contribution in [3.63, 3.8) is 0 Å². The number of nitrogens with zero attached hydrogens (tertiary/aromatic N) is 16. The number of urea groups is 2. The Labute approximate surface area is 734 Å². The second kappa shape index (κ2) is 47.2. The Morgan fingerprint density at radius 2 is 1.01 bits per heavy atom. The Bertz CT molecular complexity index is 4820. The van der Waals surface area contributed by atoms with Crippen LogP contribution in [0.5, 0.6) is 11.8 Å². The number of ether oxygens (including phenoxy) is 4. The lowest BCUT2D eigenvalue weighted by atomic mass is 9.84. The van der Waals surface area contributed by atoms with Crippen LogP contribution in [-0.4, -0.2) is 229 Å². The predicted molar refractivity (Wildman–Crippen MR) is 478 cm³/mol. The van der Waals surface area contributed by atoms with Crippen molar-refractivity contribution in [2.24, 2.45) is 39.0 Å². The molecule has 0 spiro atoms. The third kappa shape index (κ3) is 35.4. The molecule has 8 atom stereocenters. The Kier molecular flexibility index (Phi) is 40.0. The van der Waals surface area contributed by atoms with E-state index in [9.17, 15) is 38.4 Å². The number of aromatic nitrogens is 12. The molecule has 8 heterocycles. The van der Waals surface area contributed by atoms with Gasteiger partial charge in [-0.25, -0.2) is 58.7 Å². The zero-order valence-electron chi connectivity index (χ0n) is 77.9. The predicted octanol–water partition coefficient (Wildman–Crippen LogP) is 7.77. The fourth-order valence-electron chi connectivity index (χ4n) is 13.3. The highest BCUT2D eigenvalue weighted by atomic mass is 16.8. The van der Waals surface area contributed by atoms with Crippen molar-refractivity contribution in [3.05, 3.63) is 118 Å². The molecule has 0 bridgehead atoms. The number of primary amides is 2. The van der Waals surface area contributed by atoms with E-state index in [1.807, 2.05) is 121 Å². The molecule has 16 N–H and O–H groups in total. The molecule has 2 aliphatic carbocycles. The van der Waals surface area contributed by atoms with Crippen LogP contribution in [-0.2, 0) is 54.4 Å². The summed E-state index contributed by atoms with van der Waals surface area (Å²) in [6, 6.07) is 14.1. The summed E-state index contributed by atoms with van der Waals surface area (Å²) in [6.45, 7) is 60.1. The molecule has 2 saturated carbocycles. The number of hydrogen-bond acceptors (Lipinski definition) is 26. The van der Waals surface area contributed by atoms with Gasteiger partial charge >= 0.3 is 23.8 Å². The molecule has 40 heteroatoms. The number of likely N-dealkylation sites (tertiary alicyclic amines) is 2. The molecule has 4 aliphatic rings. The summed E-state index contributed by atoms with van der Waals surface area (Å²) in [6.07, 6.45) is 11.1. The second-order valence-corrected chi connectivity index (χ2v) is 37.7. The van der Waals surface area contributed by atoms with Crippen LogP contribution in [0.25, 0.3) is 26.6 Å². The van der Waals surface area contributed by atoms with Gasteiger partial charge in [-0.05, 0) is 105 Å². The SMILES string of the molecule is CC(=O)N[C@@H]1C[C@H](NC(C)(C)C)CCC1N1CC[C@H](N)C1=O.CC(=O)N[C@@H]1C[C@H](NC(C)(C)C)CCC1N1CC[C@H](Nc2ncnc3cc(C(C)(C)C)nn23)C1=O.CC(C)(C)c1cc2nc[nH]c(=O)n2n1.CC(C)(C)c1cc2ncnc(Oc3ccccc3)n2n1.COC(OC)OC.NNC(N)=O.[C-]#[N+]C/C(=N\NC(N)=O)C(C)(C)C.[C-]#[N+]CC(=O)C(C)(C)C. The molecule has 4 fully saturated rings. The molecule has 1 aromatic carbocycles. The number of benzene rings is 1. The fourth-order valence-corrected chi connectivity index (χ4v) is 13.3. The number of nitrogens with two attached hydrogens (primary N) is 4.